The van der Waals surface area contributed by atoms with Crippen LogP contribution in [0.15, 0.2) is 74.7 Å². The molecule has 2 aromatic carbocycles. The van der Waals surface area contributed by atoms with Gasteiger partial charge in [0.15, 0.2) is 0 Å². The largest absolute Gasteiger partial charge is 0.455 e. The summed E-state index contributed by atoms with van der Waals surface area (Å²) in [4.78, 5) is 10.3. The zero-order valence-corrected chi connectivity index (χ0v) is 13.9. The summed E-state index contributed by atoms with van der Waals surface area (Å²) in [5.74, 6) is 1.16. The standard InChI is InChI=1S/C17H12BrN3O3/c18-16-10-13(21(22)23)6-8-15(16)17-9-7-14(24-17)11-19-20-12-4-2-1-3-5-12/h1-11,20H/b19-11-. The number of hydrogen-bond acceptors (Lipinski definition) is 5. The molecule has 0 amide bonds. The molecule has 0 radical (unpaired) electrons. The Morgan fingerprint density at radius 3 is 2.62 bits per heavy atom. The number of non-ortho nitro benzene ring substituents is 1. The van der Waals surface area contributed by atoms with E-state index < -0.39 is 4.92 Å². The summed E-state index contributed by atoms with van der Waals surface area (Å²) in [6.07, 6.45) is 1.57. The average Bonchev–Trinajstić information content (AvgIpc) is 3.04. The van der Waals surface area contributed by atoms with E-state index in [0.717, 1.165) is 11.3 Å². The van der Waals surface area contributed by atoms with Crippen LogP contribution in [0.1, 0.15) is 5.76 Å². The molecule has 1 heterocycles. The van der Waals surface area contributed by atoms with Gasteiger partial charge in [0, 0.05) is 22.2 Å². The maximum atomic E-state index is 10.8. The number of para-hydroxylation sites is 1. The normalized spacial score (nSPS) is 10.9. The number of nitrogens with zero attached hydrogens (tertiary/aromatic N) is 2. The monoisotopic (exact) mass is 385 g/mol. The van der Waals surface area contributed by atoms with Crippen LogP contribution in [0.5, 0.6) is 0 Å². The Balaban J connectivity index is 1.75. The van der Waals surface area contributed by atoms with Crippen LogP contribution in [-0.2, 0) is 0 Å². The second-order valence-electron chi connectivity index (χ2n) is 4.86. The third-order valence-electron chi connectivity index (χ3n) is 3.21. The minimum atomic E-state index is -0.440. The molecule has 0 spiro atoms. The second kappa shape index (κ2) is 7.10. The first kappa shape index (κ1) is 15.9. The van der Waals surface area contributed by atoms with E-state index in [0.29, 0.717) is 16.0 Å². The van der Waals surface area contributed by atoms with Crippen molar-refractivity contribution in [1.82, 2.24) is 0 Å². The summed E-state index contributed by atoms with van der Waals surface area (Å²) in [5, 5.41) is 14.9. The molecule has 0 aliphatic carbocycles. The molecule has 0 aliphatic rings. The quantitative estimate of drug-likeness (QED) is 0.377. The number of benzene rings is 2. The highest BCUT2D eigenvalue weighted by molar-refractivity contribution is 9.10. The van der Waals surface area contributed by atoms with Gasteiger partial charge in [0.25, 0.3) is 5.69 Å². The maximum Gasteiger partial charge on any atom is 0.270 e. The third-order valence-corrected chi connectivity index (χ3v) is 3.87. The molecule has 120 valence electrons. The topological polar surface area (TPSA) is 80.7 Å². The van der Waals surface area contributed by atoms with Crippen molar-refractivity contribution < 1.29 is 9.34 Å². The van der Waals surface area contributed by atoms with Gasteiger partial charge >= 0.3 is 0 Å². The van der Waals surface area contributed by atoms with Gasteiger partial charge in [-0.3, -0.25) is 15.5 Å². The number of nitro groups is 1. The molecule has 24 heavy (non-hydrogen) atoms. The zero-order chi connectivity index (χ0) is 16.9. The van der Waals surface area contributed by atoms with Gasteiger partial charge in [0.2, 0.25) is 0 Å². The number of hydrogen-bond donors (Lipinski definition) is 1. The fourth-order valence-corrected chi connectivity index (χ4v) is 2.63. The lowest BCUT2D eigenvalue weighted by molar-refractivity contribution is -0.384. The number of anilines is 1. The number of furan rings is 1. The summed E-state index contributed by atoms with van der Waals surface area (Å²) < 4.78 is 6.29. The molecule has 0 saturated carbocycles. The van der Waals surface area contributed by atoms with E-state index in [1.807, 2.05) is 30.3 Å². The van der Waals surface area contributed by atoms with Gasteiger partial charge in [0.05, 0.1) is 16.8 Å². The zero-order valence-electron chi connectivity index (χ0n) is 12.3. The Bertz CT molecular complexity index is 891. The fraction of sp³-hybridized carbons (Fsp3) is 0. The van der Waals surface area contributed by atoms with E-state index in [-0.39, 0.29) is 5.69 Å². The predicted octanol–water partition coefficient (Wildman–Crippen LogP) is 5.06. The average molecular weight is 386 g/mol. The first-order valence-electron chi connectivity index (χ1n) is 7.02. The van der Waals surface area contributed by atoms with Crippen LogP contribution >= 0.6 is 15.9 Å². The third kappa shape index (κ3) is 3.69. The van der Waals surface area contributed by atoms with Gasteiger partial charge in [0.1, 0.15) is 11.5 Å². The first-order valence-corrected chi connectivity index (χ1v) is 7.81. The van der Waals surface area contributed by atoms with Crippen LogP contribution in [0, 0.1) is 10.1 Å². The van der Waals surface area contributed by atoms with Crippen molar-refractivity contribution in [2.24, 2.45) is 5.10 Å². The van der Waals surface area contributed by atoms with Crippen LogP contribution in [0.2, 0.25) is 0 Å². The second-order valence-corrected chi connectivity index (χ2v) is 5.71. The molecule has 1 N–H and O–H groups in total. The molecule has 0 bridgehead atoms. The highest BCUT2D eigenvalue weighted by atomic mass is 79.9. The van der Waals surface area contributed by atoms with Crippen LogP contribution in [0.25, 0.3) is 11.3 Å². The smallest absolute Gasteiger partial charge is 0.270 e. The van der Waals surface area contributed by atoms with Crippen molar-refractivity contribution in [3.05, 3.63) is 81.0 Å². The first-order chi connectivity index (χ1) is 11.6. The summed E-state index contributed by atoms with van der Waals surface area (Å²) in [5.41, 5.74) is 4.52. The van der Waals surface area contributed by atoms with Crippen LogP contribution in [0.3, 0.4) is 0 Å². The highest BCUT2D eigenvalue weighted by Crippen LogP contribution is 2.32. The van der Waals surface area contributed by atoms with Crippen molar-refractivity contribution in [3.8, 4) is 11.3 Å². The fourth-order valence-electron chi connectivity index (χ4n) is 2.07. The molecule has 0 unspecified atom stereocenters. The van der Waals surface area contributed by atoms with Gasteiger partial charge in [-0.25, -0.2) is 0 Å². The number of hydrazone groups is 1. The molecular formula is C17H12BrN3O3. The lowest BCUT2D eigenvalue weighted by atomic mass is 10.1. The number of nitrogens with one attached hydrogen (secondary N) is 1. The summed E-state index contributed by atoms with van der Waals surface area (Å²) in [6, 6.07) is 17.6. The van der Waals surface area contributed by atoms with Crippen LogP contribution in [0.4, 0.5) is 11.4 Å². The van der Waals surface area contributed by atoms with Gasteiger partial charge in [-0.1, -0.05) is 18.2 Å². The highest BCUT2D eigenvalue weighted by Gasteiger charge is 2.12. The van der Waals surface area contributed by atoms with Crippen molar-refractivity contribution in [3.63, 3.8) is 0 Å². The van der Waals surface area contributed by atoms with E-state index in [2.05, 4.69) is 26.5 Å². The Hall–Kier alpha value is -2.93. The number of nitro benzene ring substituents is 1. The molecule has 0 saturated heterocycles. The van der Waals surface area contributed by atoms with Crippen molar-refractivity contribution in [1.29, 1.82) is 0 Å². The van der Waals surface area contributed by atoms with Crippen molar-refractivity contribution in [2.45, 2.75) is 0 Å². The van der Waals surface area contributed by atoms with Gasteiger partial charge in [-0.15, -0.1) is 0 Å². The molecule has 3 aromatic rings. The van der Waals surface area contributed by atoms with Gasteiger partial charge in [-0.2, -0.15) is 5.10 Å². The van der Waals surface area contributed by atoms with E-state index in [1.165, 1.54) is 12.1 Å². The number of halogens is 1. The van der Waals surface area contributed by atoms with E-state index in [4.69, 9.17) is 4.42 Å². The summed E-state index contributed by atoms with van der Waals surface area (Å²) in [6.45, 7) is 0. The minimum absolute atomic E-state index is 0.0195. The Kier molecular flexibility index (Phi) is 4.72. The van der Waals surface area contributed by atoms with E-state index in [1.54, 1.807) is 24.4 Å². The molecule has 6 nitrogen and oxygen atoms in total. The molecule has 0 aliphatic heterocycles. The molecular weight excluding hydrogens is 374 g/mol. The van der Waals surface area contributed by atoms with E-state index >= 15 is 0 Å². The lowest BCUT2D eigenvalue weighted by Gasteiger charge is -2.01. The molecule has 7 heteroatoms. The Morgan fingerprint density at radius 2 is 1.92 bits per heavy atom. The summed E-state index contributed by atoms with van der Waals surface area (Å²) in [7, 11) is 0. The number of rotatable bonds is 5. The lowest BCUT2D eigenvalue weighted by Crippen LogP contribution is -1.89. The minimum Gasteiger partial charge on any atom is -0.455 e. The SMILES string of the molecule is O=[N+]([O-])c1ccc(-c2ccc(/C=N\Nc3ccccc3)o2)c(Br)c1. The molecule has 0 fully saturated rings. The van der Waals surface area contributed by atoms with Crippen LogP contribution < -0.4 is 5.43 Å². The van der Waals surface area contributed by atoms with E-state index in [9.17, 15) is 10.1 Å². The Morgan fingerprint density at radius 1 is 1.12 bits per heavy atom. The molecule has 0 atom stereocenters. The predicted molar refractivity (Wildman–Crippen MR) is 96.2 cm³/mol. The summed E-state index contributed by atoms with van der Waals surface area (Å²) >= 11 is 3.33. The Labute approximate surface area is 146 Å². The van der Waals surface area contributed by atoms with Gasteiger partial charge < -0.3 is 4.42 Å². The van der Waals surface area contributed by atoms with Crippen molar-refractivity contribution >= 4 is 33.5 Å². The maximum absolute atomic E-state index is 10.8. The van der Waals surface area contributed by atoms with Crippen molar-refractivity contribution in [2.75, 3.05) is 5.43 Å². The van der Waals surface area contributed by atoms with Gasteiger partial charge in [-0.05, 0) is 46.3 Å². The molecule has 3 rings (SSSR count). The van der Waals surface area contributed by atoms with Crippen LogP contribution in [-0.4, -0.2) is 11.1 Å². The molecule has 1 aromatic heterocycles.